The van der Waals surface area contributed by atoms with Gasteiger partial charge in [0.2, 0.25) is 0 Å². The summed E-state index contributed by atoms with van der Waals surface area (Å²) < 4.78 is 36.6. The lowest BCUT2D eigenvalue weighted by molar-refractivity contribution is -0.184. The second-order valence-electron chi connectivity index (χ2n) is 4.51. The fraction of sp³-hybridized carbons (Fsp3) is 0.900. The normalized spacial score (nSPS) is 31.5. The van der Waals surface area contributed by atoms with Crippen LogP contribution in [0.15, 0.2) is 0 Å². The van der Waals surface area contributed by atoms with Crippen LogP contribution in [0.1, 0.15) is 25.7 Å². The number of hydrogen-bond acceptors (Lipinski definition) is 1. The number of hydrogen-bond donors (Lipinski definition) is 0. The number of halogens is 3. The number of alkyl halides is 3. The molecule has 2 fully saturated rings. The zero-order valence-corrected chi connectivity index (χ0v) is 8.39. The fourth-order valence-electron chi connectivity index (χ4n) is 2.75. The van der Waals surface area contributed by atoms with E-state index in [0.29, 0.717) is 24.9 Å². The Labute approximate surface area is 86.4 Å². The van der Waals surface area contributed by atoms with E-state index in [1.54, 1.807) is 0 Å². The molecule has 1 saturated carbocycles. The molecule has 1 saturated heterocycles. The molecule has 1 amide bonds. The van der Waals surface area contributed by atoms with Crippen molar-refractivity contribution in [1.82, 2.24) is 4.90 Å². The molecule has 0 bridgehead atoms. The maximum absolute atomic E-state index is 12.2. The van der Waals surface area contributed by atoms with Crippen molar-refractivity contribution in [3.63, 3.8) is 0 Å². The summed E-state index contributed by atoms with van der Waals surface area (Å²) in [6.07, 6.45) is -0.559. The van der Waals surface area contributed by atoms with Gasteiger partial charge in [-0.1, -0.05) is 12.8 Å². The standard InChI is InChI=1S/C10H14F3NO/c11-10(12,13)9(15)14-5-7-3-1-2-4-8(7)6-14/h7-8H,1-6H2/t7-,8+. The number of carbonyl (C=O) groups is 1. The first-order valence-corrected chi connectivity index (χ1v) is 5.34. The molecule has 2 rings (SSSR count). The summed E-state index contributed by atoms with van der Waals surface area (Å²) in [4.78, 5) is 12.0. The van der Waals surface area contributed by atoms with Crippen LogP contribution in [0.3, 0.4) is 0 Å². The van der Waals surface area contributed by atoms with E-state index in [9.17, 15) is 18.0 Å². The third kappa shape index (κ3) is 2.11. The molecule has 0 aromatic heterocycles. The quantitative estimate of drug-likeness (QED) is 0.614. The summed E-state index contributed by atoms with van der Waals surface area (Å²) in [6.45, 7) is 0.617. The minimum atomic E-state index is -4.70. The molecule has 0 aromatic carbocycles. The lowest BCUT2D eigenvalue weighted by Crippen LogP contribution is -2.39. The minimum absolute atomic E-state index is 0.309. The van der Waals surface area contributed by atoms with Crippen LogP contribution in [0.5, 0.6) is 0 Å². The SMILES string of the molecule is O=C(N1C[C@H]2CCCC[C@H]2C1)C(F)(F)F. The molecule has 2 atom stereocenters. The molecule has 1 heterocycles. The molecular weight excluding hydrogens is 207 g/mol. The molecule has 0 aromatic rings. The lowest BCUT2D eigenvalue weighted by Gasteiger charge is -2.22. The highest BCUT2D eigenvalue weighted by molar-refractivity contribution is 5.82. The number of amides is 1. The third-order valence-corrected chi connectivity index (χ3v) is 3.51. The van der Waals surface area contributed by atoms with Crippen molar-refractivity contribution < 1.29 is 18.0 Å². The largest absolute Gasteiger partial charge is 0.471 e. The Hall–Kier alpha value is -0.740. The highest BCUT2D eigenvalue weighted by Gasteiger charge is 2.47. The van der Waals surface area contributed by atoms with E-state index in [2.05, 4.69) is 0 Å². The van der Waals surface area contributed by atoms with Gasteiger partial charge in [-0.25, -0.2) is 0 Å². The van der Waals surface area contributed by atoms with Gasteiger partial charge in [0.25, 0.3) is 0 Å². The van der Waals surface area contributed by atoms with Crippen molar-refractivity contribution in [2.75, 3.05) is 13.1 Å². The smallest absolute Gasteiger partial charge is 0.334 e. The predicted molar refractivity (Wildman–Crippen MR) is 48.1 cm³/mol. The van der Waals surface area contributed by atoms with Crippen molar-refractivity contribution in [3.05, 3.63) is 0 Å². The van der Waals surface area contributed by atoms with Gasteiger partial charge in [0, 0.05) is 13.1 Å². The maximum atomic E-state index is 12.2. The van der Waals surface area contributed by atoms with Gasteiger partial charge in [0.05, 0.1) is 0 Å². The molecule has 0 radical (unpaired) electrons. The van der Waals surface area contributed by atoms with Crippen LogP contribution in [0, 0.1) is 11.8 Å². The Bertz CT molecular complexity index is 250. The van der Waals surface area contributed by atoms with Gasteiger partial charge in [-0.3, -0.25) is 4.79 Å². The van der Waals surface area contributed by atoms with Crippen LogP contribution in [0.2, 0.25) is 0 Å². The number of rotatable bonds is 0. The van der Waals surface area contributed by atoms with Crippen molar-refractivity contribution in [2.24, 2.45) is 11.8 Å². The topological polar surface area (TPSA) is 20.3 Å². The van der Waals surface area contributed by atoms with Gasteiger partial charge < -0.3 is 4.90 Å². The summed E-state index contributed by atoms with van der Waals surface area (Å²) in [7, 11) is 0. The lowest BCUT2D eigenvalue weighted by atomic mass is 9.82. The summed E-state index contributed by atoms with van der Waals surface area (Å²) in [6, 6.07) is 0. The van der Waals surface area contributed by atoms with E-state index in [4.69, 9.17) is 0 Å². The van der Waals surface area contributed by atoms with Crippen LogP contribution in [-0.4, -0.2) is 30.1 Å². The molecule has 86 valence electrons. The minimum Gasteiger partial charge on any atom is -0.334 e. The van der Waals surface area contributed by atoms with Crippen LogP contribution in [-0.2, 0) is 4.79 Å². The third-order valence-electron chi connectivity index (χ3n) is 3.51. The van der Waals surface area contributed by atoms with E-state index in [-0.39, 0.29) is 0 Å². The van der Waals surface area contributed by atoms with Gasteiger partial charge in [-0.2, -0.15) is 13.2 Å². The fourth-order valence-corrected chi connectivity index (χ4v) is 2.75. The maximum Gasteiger partial charge on any atom is 0.471 e. The monoisotopic (exact) mass is 221 g/mol. The van der Waals surface area contributed by atoms with E-state index < -0.39 is 12.1 Å². The molecule has 2 aliphatic rings. The van der Waals surface area contributed by atoms with Gasteiger partial charge in [0.15, 0.2) is 0 Å². The second-order valence-corrected chi connectivity index (χ2v) is 4.51. The zero-order valence-electron chi connectivity index (χ0n) is 8.39. The average Bonchev–Trinajstić information content (AvgIpc) is 2.58. The summed E-state index contributed by atoms with van der Waals surface area (Å²) in [5, 5.41) is 0. The Morgan fingerprint density at radius 2 is 1.53 bits per heavy atom. The number of nitrogens with zero attached hydrogens (tertiary/aromatic N) is 1. The Kier molecular flexibility index (Phi) is 2.64. The molecule has 0 unspecified atom stereocenters. The van der Waals surface area contributed by atoms with Crippen LogP contribution in [0.4, 0.5) is 13.2 Å². The summed E-state index contributed by atoms with van der Waals surface area (Å²) in [5.74, 6) is -1.04. The predicted octanol–water partition coefficient (Wildman–Crippen LogP) is 2.20. The Balaban J connectivity index is 2.00. The van der Waals surface area contributed by atoms with Crippen molar-refractivity contribution in [3.8, 4) is 0 Å². The Morgan fingerprint density at radius 1 is 1.07 bits per heavy atom. The van der Waals surface area contributed by atoms with Gasteiger partial charge in [-0.05, 0) is 24.7 Å². The van der Waals surface area contributed by atoms with E-state index in [0.717, 1.165) is 30.6 Å². The van der Waals surface area contributed by atoms with Crippen molar-refractivity contribution in [2.45, 2.75) is 31.9 Å². The first-order chi connectivity index (χ1) is 6.98. The average molecular weight is 221 g/mol. The van der Waals surface area contributed by atoms with Gasteiger partial charge >= 0.3 is 12.1 Å². The Morgan fingerprint density at radius 3 is 1.93 bits per heavy atom. The van der Waals surface area contributed by atoms with Crippen LogP contribution in [0.25, 0.3) is 0 Å². The highest BCUT2D eigenvalue weighted by Crippen LogP contribution is 2.37. The van der Waals surface area contributed by atoms with Crippen LogP contribution < -0.4 is 0 Å². The molecular formula is C10H14F3NO. The molecule has 0 N–H and O–H groups in total. The molecule has 5 heteroatoms. The van der Waals surface area contributed by atoms with Crippen molar-refractivity contribution in [1.29, 1.82) is 0 Å². The zero-order chi connectivity index (χ0) is 11.1. The number of carbonyl (C=O) groups excluding carboxylic acids is 1. The van der Waals surface area contributed by atoms with E-state index in [1.807, 2.05) is 0 Å². The van der Waals surface area contributed by atoms with Gasteiger partial charge in [0.1, 0.15) is 0 Å². The first-order valence-electron chi connectivity index (χ1n) is 5.34. The molecule has 15 heavy (non-hydrogen) atoms. The number of likely N-dealkylation sites (tertiary alicyclic amines) is 1. The molecule has 2 nitrogen and oxygen atoms in total. The van der Waals surface area contributed by atoms with Crippen LogP contribution >= 0.6 is 0 Å². The van der Waals surface area contributed by atoms with Crippen molar-refractivity contribution >= 4 is 5.91 Å². The molecule has 0 spiro atoms. The number of fused-ring (bicyclic) bond motifs is 1. The molecule has 1 aliphatic carbocycles. The summed E-state index contributed by atoms with van der Waals surface area (Å²) >= 11 is 0. The first kappa shape index (κ1) is 10.8. The second kappa shape index (κ2) is 3.68. The van der Waals surface area contributed by atoms with E-state index >= 15 is 0 Å². The van der Waals surface area contributed by atoms with Gasteiger partial charge in [-0.15, -0.1) is 0 Å². The van der Waals surface area contributed by atoms with E-state index in [1.165, 1.54) is 0 Å². The highest BCUT2D eigenvalue weighted by atomic mass is 19.4. The summed E-state index contributed by atoms with van der Waals surface area (Å²) in [5.41, 5.74) is 0. The molecule has 1 aliphatic heterocycles.